The van der Waals surface area contributed by atoms with E-state index in [2.05, 4.69) is 25.5 Å². The van der Waals surface area contributed by atoms with Gasteiger partial charge in [-0.3, -0.25) is 5.10 Å². The molecule has 2 aromatic carbocycles. The van der Waals surface area contributed by atoms with Gasteiger partial charge in [0.1, 0.15) is 5.82 Å². The molecule has 2 aromatic heterocycles. The first-order chi connectivity index (χ1) is 13.1. The Hall–Kier alpha value is -3.10. The SMILES string of the molecule is Cc1cc(Nc2nc(-c3ccccc3)nc3cc(CS(=O)O)ccc23)n[nH]1. The van der Waals surface area contributed by atoms with Crippen LogP contribution in [0, 0.1) is 6.92 Å². The highest BCUT2D eigenvalue weighted by atomic mass is 32.2. The molecule has 2 heterocycles. The molecule has 0 bridgehead atoms. The average Bonchev–Trinajstić information content (AvgIpc) is 3.06. The van der Waals surface area contributed by atoms with Gasteiger partial charge in [0, 0.05) is 22.7 Å². The van der Waals surface area contributed by atoms with Gasteiger partial charge in [0.2, 0.25) is 0 Å². The van der Waals surface area contributed by atoms with E-state index in [9.17, 15) is 8.76 Å². The summed E-state index contributed by atoms with van der Waals surface area (Å²) in [6.07, 6.45) is 0. The number of fused-ring (bicyclic) bond motifs is 1. The van der Waals surface area contributed by atoms with Crippen molar-refractivity contribution >= 4 is 33.6 Å². The number of hydrogen-bond donors (Lipinski definition) is 3. The van der Waals surface area contributed by atoms with Gasteiger partial charge in [0.15, 0.2) is 22.7 Å². The van der Waals surface area contributed by atoms with Gasteiger partial charge in [-0.1, -0.05) is 36.4 Å². The van der Waals surface area contributed by atoms with Crippen LogP contribution in [0.15, 0.2) is 54.6 Å². The summed E-state index contributed by atoms with van der Waals surface area (Å²) in [4.78, 5) is 9.34. The predicted octanol–water partition coefficient (Wildman–Crippen LogP) is 3.79. The molecule has 1 atom stereocenters. The summed E-state index contributed by atoms with van der Waals surface area (Å²) in [7, 11) is 0. The van der Waals surface area contributed by atoms with Gasteiger partial charge in [-0.25, -0.2) is 14.2 Å². The van der Waals surface area contributed by atoms with Crippen molar-refractivity contribution in [3.05, 3.63) is 65.9 Å². The highest BCUT2D eigenvalue weighted by molar-refractivity contribution is 7.78. The Bertz CT molecular complexity index is 1130. The van der Waals surface area contributed by atoms with Gasteiger partial charge in [-0.05, 0) is 24.6 Å². The fourth-order valence-corrected chi connectivity index (χ4v) is 3.29. The molecule has 0 saturated heterocycles. The molecule has 0 radical (unpaired) electrons. The second-order valence-corrected chi connectivity index (χ2v) is 7.07. The number of aryl methyl sites for hydroxylation is 1. The highest BCUT2D eigenvalue weighted by Crippen LogP contribution is 2.28. The summed E-state index contributed by atoms with van der Waals surface area (Å²) in [6.45, 7) is 1.92. The molecular formula is C19H17N5O2S. The van der Waals surface area contributed by atoms with Crippen LogP contribution in [0.4, 0.5) is 11.6 Å². The van der Waals surface area contributed by atoms with Gasteiger partial charge < -0.3 is 9.87 Å². The Morgan fingerprint density at radius 3 is 2.63 bits per heavy atom. The summed E-state index contributed by atoms with van der Waals surface area (Å²) in [6, 6.07) is 17.0. The van der Waals surface area contributed by atoms with Crippen LogP contribution in [0.5, 0.6) is 0 Å². The molecule has 136 valence electrons. The van der Waals surface area contributed by atoms with Crippen LogP contribution in [-0.2, 0) is 16.8 Å². The number of aromatic nitrogens is 4. The molecule has 27 heavy (non-hydrogen) atoms. The van der Waals surface area contributed by atoms with E-state index in [4.69, 9.17) is 0 Å². The maximum atomic E-state index is 11.2. The van der Waals surface area contributed by atoms with Crippen LogP contribution < -0.4 is 5.32 Å². The normalized spacial score (nSPS) is 12.2. The Labute approximate surface area is 158 Å². The highest BCUT2D eigenvalue weighted by Gasteiger charge is 2.12. The fraction of sp³-hybridized carbons (Fsp3) is 0.105. The average molecular weight is 379 g/mol. The number of nitrogens with one attached hydrogen (secondary N) is 2. The van der Waals surface area contributed by atoms with Crippen molar-refractivity contribution in [1.82, 2.24) is 20.2 Å². The quantitative estimate of drug-likeness (QED) is 0.456. The lowest BCUT2D eigenvalue weighted by Crippen LogP contribution is -2.01. The van der Waals surface area contributed by atoms with Gasteiger partial charge in [0.05, 0.1) is 11.3 Å². The predicted molar refractivity (Wildman–Crippen MR) is 106 cm³/mol. The van der Waals surface area contributed by atoms with Crippen LogP contribution in [0.1, 0.15) is 11.3 Å². The minimum atomic E-state index is -1.91. The van der Waals surface area contributed by atoms with Crippen molar-refractivity contribution in [3.63, 3.8) is 0 Å². The van der Waals surface area contributed by atoms with Crippen LogP contribution in [0.25, 0.3) is 22.3 Å². The smallest absolute Gasteiger partial charge is 0.162 e. The third-order valence-electron chi connectivity index (χ3n) is 4.04. The zero-order chi connectivity index (χ0) is 18.8. The Morgan fingerprint density at radius 1 is 1.11 bits per heavy atom. The zero-order valence-electron chi connectivity index (χ0n) is 14.5. The van der Waals surface area contributed by atoms with E-state index in [1.54, 1.807) is 0 Å². The minimum absolute atomic E-state index is 0.0575. The summed E-state index contributed by atoms with van der Waals surface area (Å²) < 4.78 is 20.3. The van der Waals surface area contributed by atoms with Gasteiger partial charge in [-0.2, -0.15) is 5.10 Å². The van der Waals surface area contributed by atoms with E-state index >= 15 is 0 Å². The summed E-state index contributed by atoms with van der Waals surface area (Å²) >= 11 is -1.91. The monoisotopic (exact) mass is 379 g/mol. The lowest BCUT2D eigenvalue weighted by molar-refractivity contribution is 0.563. The van der Waals surface area contributed by atoms with Crippen molar-refractivity contribution in [1.29, 1.82) is 0 Å². The number of aromatic amines is 1. The Kier molecular flexibility index (Phi) is 4.66. The lowest BCUT2D eigenvalue weighted by Gasteiger charge is -2.10. The third kappa shape index (κ3) is 3.86. The first kappa shape index (κ1) is 17.3. The number of H-pyrrole nitrogens is 1. The number of hydrogen-bond acceptors (Lipinski definition) is 5. The van der Waals surface area contributed by atoms with E-state index in [-0.39, 0.29) is 5.75 Å². The van der Waals surface area contributed by atoms with E-state index in [0.29, 0.717) is 23.0 Å². The van der Waals surface area contributed by atoms with Crippen molar-refractivity contribution in [3.8, 4) is 11.4 Å². The number of anilines is 2. The Balaban J connectivity index is 1.86. The number of rotatable bonds is 5. The standard InChI is InChI=1S/C19H17N5O2S/c1-12-9-17(24-23-12)21-19-15-8-7-13(11-27(25)26)10-16(15)20-18(22-19)14-5-3-2-4-6-14/h2-10H,11H2,1H3,(H,25,26)(H2,20,21,22,23,24). The first-order valence-corrected chi connectivity index (χ1v) is 9.59. The third-order valence-corrected chi connectivity index (χ3v) is 4.62. The minimum Gasteiger partial charge on any atom is -0.323 e. The summed E-state index contributed by atoms with van der Waals surface area (Å²) in [5.74, 6) is 1.91. The molecule has 8 heteroatoms. The van der Waals surface area contributed by atoms with Gasteiger partial charge in [-0.15, -0.1) is 0 Å². The van der Waals surface area contributed by atoms with E-state index in [1.165, 1.54) is 0 Å². The molecule has 0 aliphatic rings. The number of benzene rings is 2. The van der Waals surface area contributed by atoms with Crippen LogP contribution in [0.3, 0.4) is 0 Å². The molecule has 0 fully saturated rings. The molecule has 0 spiro atoms. The molecule has 0 amide bonds. The second kappa shape index (κ2) is 7.26. The lowest BCUT2D eigenvalue weighted by atomic mass is 10.1. The topological polar surface area (TPSA) is 104 Å². The van der Waals surface area contributed by atoms with Crippen molar-refractivity contribution in [2.24, 2.45) is 0 Å². The van der Waals surface area contributed by atoms with Crippen molar-refractivity contribution in [2.45, 2.75) is 12.7 Å². The Morgan fingerprint density at radius 2 is 1.93 bits per heavy atom. The number of nitrogens with zero attached hydrogens (tertiary/aromatic N) is 3. The van der Waals surface area contributed by atoms with Crippen LogP contribution >= 0.6 is 0 Å². The molecular weight excluding hydrogens is 362 g/mol. The molecule has 4 rings (SSSR count). The van der Waals surface area contributed by atoms with E-state index in [1.807, 2.05) is 61.5 Å². The zero-order valence-corrected chi connectivity index (χ0v) is 15.3. The molecule has 0 aliphatic carbocycles. The largest absolute Gasteiger partial charge is 0.323 e. The van der Waals surface area contributed by atoms with E-state index < -0.39 is 11.1 Å². The van der Waals surface area contributed by atoms with E-state index in [0.717, 1.165) is 22.2 Å². The molecule has 3 N–H and O–H groups in total. The maximum absolute atomic E-state index is 11.2. The molecule has 1 unspecified atom stereocenters. The fourth-order valence-electron chi connectivity index (χ4n) is 2.82. The van der Waals surface area contributed by atoms with Crippen molar-refractivity contribution < 1.29 is 8.76 Å². The molecule has 7 nitrogen and oxygen atoms in total. The summed E-state index contributed by atoms with van der Waals surface area (Å²) in [5, 5.41) is 11.1. The van der Waals surface area contributed by atoms with Gasteiger partial charge >= 0.3 is 0 Å². The molecule has 0 saturated carbocycles. The van der Waals surface area contributed by atoms with Crippen LogP contribution in [0.2, 0.25) is 0 Å². The van der Waals surface area contributed by atoms with Crippen LogP contribution in [-0.4, -0.2) is 28.9 Å². The second-order valence-electron chi connectivity index (χ2n) is 6.14. The molecule has 4 aromatic rings. The summed E-state index contributed by atoms with van der Waals surface area (Å²) in [5.41, 5.74) is 3.26. The maximum Gasteiger partial charge on any atom is 0.162 e. The van der Waals surface area contributed by atoms with Gasteiger partial charge in [0.25, 0.3) is 0 Å². The first-order valence-electron chi connectivity index (χ1n) is 8.31. The molecule has 0 aliphatic heterocycles. The van der Waals surface area contributed by atoms with Crippen molar-refractivity contribution in [2.75, 3.05) is 5.32 Å².